The molecule has 0 aromatic heterocycles. The van der Waals surface area contributed by atoms with Crippen LogP contribution in [-0.2, 0) is 6.42 Å². The molecule has 2 aromatic rings. The van der Waals surface area contributed by atoms with E-state index in [1.165, 1.54) is 0 Å². The van der Waals surface area contributed by atoms with Gasteiger partial charge in [-0.3, -0.25) is 0 Å². The number of methoxy groups -OCH3 is 2. The molecule has 0 heterocycles. The highest BCUT2D eigenvalue weighted by molar-refractivity contribution is 6.32. The van der Waals surface area contributed by atoms with Gasteiger partial charge in [-0.1, -0.05) is 35.4 Å². The standard InChI is InChI=1S/C18H18ClNO2/c1-12-4-6-17(21-2)15(8-12)14(11-20)9-13-5-7-18(22-3)16(19)10-13/h4-8,10,14H,9H2,1-3H3. The third-order valence-electron chi connectivity index (χ3n) is 3.57. The van der Waals surface area contributed by atoms with Gasteiger partial charge >= 0.3 is 0 Å². The molecule has 2 aromatic carbocycles. The lowest BCUT2D eigenvalue weighted by Gasteiger charge is -2.15. The van der Waals surface area contributed by atoms with E-state index in [1.54, 1.807) is 14.2 Å². The first-order valence-corrected chi connectivity index (χ1v) is 7.33. The average Bonchev–Trinajstić information content (AvgIpc) is 2.52. The number of nitriles is 1. The molecule has 0 amide bonds. The summed E-state index contributed by atoms with van der Waals surface area (Å²) in [5, 5.41) is 10.1. The third-order valence-corrected chi connectivity index (χ3v) is 3.87. The van der Waals surface area contributed by atoms with E-state index in [9.17, 15) is 5.26 Å². The van der Waals surface area contributed by atoms with Gasteiger partial charge in [-0.15, -0.1) is 0 Å². The number of nitrogens with zero attached hydrogens (tertiary/aromatic N) is 1. The zero-order valence-electron chi connectivity index (χ0n) is 12.9. The molecule has 0 saturated carbocycles. The molecule has 0 radical (unpaired) electrons. The normalized spacial score (nSPS) is 11.6. The molecule has 114 valence electrons. The Morgan fingerprint density at radius 1 is 1.09 bits per heavy atom. The van der Waals surface area contributed by atoms with Crippen LogP contribution in [0.5, 0.6) is 11.5 Å². The van der Waals surface area contributed by atoms with E-state index in [4.69, 9.17) is 21.1 Å². The van der Waals surface area contributed by atoms with Crippen molar-refractivity contribution < 1.29 is 9.47 Å². The smallest absolute Gasteiger partial charge is 0.137 e. The first-order chi connectivity index (χ1) is 10.6. The van der Waals surface area contributed by atoms with Crippen molar-refractivity contribution in [2.24, 2.45) is 0 Å². The molecule has 1 atom stereocenters. The lowest BCUT2D eigenvalue weighted by atomic mass is 9.91. The van der Waals surface area contributed by atoms with Crippen molar-refractivity contribution >= 4 is 11.6 Å². The maximum atomic E-state index is 9.56. The summed E-state index contributed by atoms with van der Waals surface area (Å²) in [5.41, 5.74) is 2.99. The minimum absolute atomic E-state index is 0.292. The second-order valence-corrected chi connectivity index (χ2v) is 5.51. The predicted molar refractivity (Wildman–Crippen MR) is 87.8 cm³/mol. The van der Waals surface area contributed by atoms with Crippen LogP contribution < -0.4 is 9.47 Å². The van der Waals surface area contributed by atoms with Crippen LogP contribution in [0.15, 0.2) is 36.4 Å². The molecule has 0 bridgehead atoms. The van der Waals surface area contributed by atoms with Gasteiger partial charge in [-0.25, -0.2) is 0 Å². The molecule has 0 aliphatic heterocycles. The Balaban J connectivity index is 2.32. The Bertz CT molecular complexity index is 707. The molecule has 1 unspecified atom stereocenters. The molecular weight excluding hydrogens is 298 g/mol. The highest BCUT2D eigenvalue weighted by Gasteiger charge is 2.17. The first-order valence-electron chi connectivity index (χ1n) is 6.95. The van der Waals surface area contributed by atoms with Gasteiger partial charge in [0.1, 0.15) is 11.5 Å². The lowest BCUT2D eigenvalue weighted by molar-refractivity contribution is 0.408. The van der Waals surface area contributed by atoms with Crippen molar-refractivity contribution in [1.82, 2.24) is 0 Å². The summed E-state index contributed by atoms with van der Waals surface area (Å²) in [6.45, 7) is 2.00. The molecule has 0 spiro atoms. The number of ether oxygens (including phenoxy) is 2. The summed E-state index contributed by atoms with van der Waals surface area (Å²) >= 11 is 6.15. The summed E-state index contributed by atoms with van der Waals surface area (Å²) < 4.78 is 10.5. The number of hydrogen-bond donors (Lipinski definition) is 0. The average molecular weight is 316 g/mol. The van der Waals surface area contributed by atoms with Gasteiger partial charge in [0.2, 0.25) is 0 Å². The zero-order valence-corrected chi connectivity index (χ0v) is 13.6. The van der Waals surface area contributed by atoms with Crippen LogP contribution in [0.1, 0.15) is 22.6 Å². The minimum atomic E-state index is -0.292. The Morgan fingerprint density at radius 3 is 2.36 bits per heavy atom. The van der Waals surface area contributed by atoms with Gasteiger partial charge in [0, 0.05) is 5.56 Å². The van der Waals surface area contributed by atoms with E-state index in [-0.39, 0.29) is 5.92 Å². The van der Waals surface area contributed by atoms with Crippen LogP contribution in [0.25, 0.3) is 0 Å². The van der Waals surface area contributed by atoms with Crippen LogP contribution in [0.2, 0.25) is 5.02 Å². The summed E-state index contributed by atoms with van der Waals surface area (Å²) in [6, 6.07) is 13.8. The molecule has 22 heavy (non-hydrogen) atoms. The summed E-state index contributed by atoms with van der Waals surface area (Å²) in [6.07, 6.45) is 0.569. The van der Waals surface area contributed by atoms with Crippen LogP contribution in [0.3, 0.4) is 0 Å². The SMILES string of the molecule is COc1ccc(CC(C#N)c2cc(C)ccc2OC)cc1Cl. The largest absolute Gasteiger partial charge is 0.496 e. The lowest BCUT2D eigenvalue weighted by Crippen LogP contribution is -2.04. The number of rotatable bonds is 5. The van der Waals surface area contributed by atoms with Gasteiger partial charge in [0.25, 0.3) is 0 Å². The molecule has 0 aliphatic carbocycles. The Hall–Kier alpha value is -2.18. The molecule has 3 nitrogen and oxygen atoms in total. The summed E-state index contributed by atoms with van der Waals surface area (Å²) in [4.78, 5) is 0. The fraction of sp³-hybridized carbons (Fsp3) is 0.278. The Morgan fingerprint density at radius 2 is 1.77 bits per heavy atom. The van der Waals surface area contributed by atoms with Gasteiger partial charge in [-0.2, -0.15) is 5.26 Å². The highest BCUT2D eigenvalue weighted by Crippen LogP contribution is 2.32. The van der Waals surface area contributed by atoms with E-state index in [0.717, 1.165) is 22.4 Å². The fourth-order valence-electron chi connectivity index (χ4n) is 2.42. The van der Waals surface area contributed by atoms with Crippen molar-refractivity contribution in [3.8, 4) is 17.6 Å². The molecular formula is C18H18ClNO2. The Labute approximate surface area is 136 Å². The number of aryl methyl sites for hydroxylation is 1. The van der Waals surface area contributed by atoms with Gasteiger partial charge in [-0.05, 0) is 37.1 Å². The van der Waals surface area contributed by atoms with Crippen molar-refractivity contribution in [2.75, 3.05) is 14.2 Å². The topological polar surface area (TPSA) is 42.2 Å². The zero-order chi connectivity index (χ0) is 16.1. The van der Waals surface area contributed by atoms with Crippen LogP contribution in [0.4, 0.5) is 0 Å². The number of halogens is 1. The maximum absolute atomic E-state index is 9.56. The van der Waals surface area contributed by atoms with Crippen molar-refractivity contribution in [3.05, 3.63) is 58.1 Å². The molecule has 0 saturated heterocycles. The number of hydrogen-bond acceptors (Lipinski definition) is 3. The molecule has 2 rings (SSSR count). The van der Waals surface area contributed by atoms with Gasteiger partial charge in [0.15, 0.2) is 0 Å². The van der Waals surface area contributed by atoms with Crippen LogP contribution in [0, 0.1) is 18.3 Å². The van der Waals surface area contributed by atoms with E-state index >= 15 is 0 Å². The van der Waals surface area contributed by atoms with Crippen LogP contribution in [-0.4, -0.2) is 14.2 Å². The quantitative estimate of drug-likeness (QED) is 0.815. The summed E-state index contributed by atoms with van der Waals surface area (Å²) in [5.74, 6) is 1.07. The van der Waals surface area contributed by atoms with Crippen molar-refractivity contribution in [2.45, 2.75) is 19.3 Å². The second kappa shape index (κ2) is 7.20. The second-order valence-electron chi connectivity index (χ2n) is 5.10. The van der Waals surface area contributed by atoms with Crippen molar-refractivity contribution in [1.29, 1.82) is 5.26 Å². The van der Waals surface area contributed by atoms with E-state index < -0.39 is 0 Å². The third kappa shape index (κ3) is 3.52. The predicted octanol–water partition coefficient (Wildman–Crippen LogP) is 4.52. The molecule has 0 fully saturated rings. The van der Waals surface area contributed by atoms with Crippen molar-refractivity contribution in [3.63, 3.8) is 0 Å². The van der Waals surface area contributed by atoms with Crippen LogP contribution >= 0.6 is 11.6 Å². The van der Waals surface area contributed by atoms with E-state index in [1.807, 2.05) is 43.3 Å². The molecule has 0 N–H and O–H groups in total. The van der Waals surface area contributed by atoms with E-state index in [0.29, 0.717) is 17.2 Å². The fourth-order valence-corrected chi connectivity index (χ4v) is 2.70. The van der Waals surface area contributed by atoms with E-state index in [2.05, 4.69) is 6.07 Å². The summed E-state index contributed by atoms with van der Waals surface area (Å²) in [7, 11) is 3.20. The Kier molecular flexibility index (Phi) is 5.30. The minimum Gasteiger partial charge on any atom is -0.496 e. The van der Waals surface area contributed by atoms with Gasteiger partial charge < -0.3 is 9.47 Å². The number of benzene rings is 2. The first kappa shape index (κ1) is 16.2. The highest BCUT2D eigenvalue weighted by atomic mass is 35.5. The monoisotopic (exact) mass is 315 g/mol. The maximum Gasteiger partial charge on any atom is 0.137 e. The molecule has 0 aliphatic rings. The van der Waals surface area contributed by atoms with Gasteiger partial charge in [0.05, 0.1) is 31.2 Å². The molecule has 4 heteroatoms.